The lowest BCUT2D eigenvalue weighted by Gasteiger charge is -2.11. The van der Waals surface area contributed by atoms with Crippen LogP contribution in [-0.4, -0.2) is 17.1 Å². The molecule has 0 aliphatic heterocycles. The first kappa shape index (κ1) is 17.8. The van der Waals surface area contributed by atoms with Crippen LogP contribution in [0.1, 0.15) is 21.5 Å². The normalized spacial score (nSPS) is 10.7. The summed E-state index contributed by atoms with van der Waals surface area (Å²) in [7, 11) is 0. The maximum Gasteiger partial charge on any atom is 0.275 e. The van der Waals surface area contributed by atoms with Crippen LogP contribution in [0.5, 0.6) is 5.75 Å². The third kappa shape index (κ3) is 5.00. The molecule has 26 heavy (non-hydrogen) atoms. The Bertz CT molecular complexity index is 899. The number of carbonyl (C=O) groups is 1. The Balaban J connectivity index is 1.70. The summed E-state index contributed by atoms with van der Waals surface area (Å²) in [4.78, 5) is 16.5. The van der Waals surface area contributed by atoms with E-state index in [4.69, 9.17) is 4.74 Å². The van der Waals surface area contributed by atoms with E-state index in [0.717, 1.165) is 15.6 Å². The van der Waals surface area contributed by atoms with Crippen LogP contribution < -0.4 is 10.2 Å². The minimum Gasteiger partial charge on any atom is -0.488 e. The number of carbonyl (C=O) groups excluding carboxylic acids is 1. The largest absolute Gasteiger partial charge is 0.488 e. The molecule has 1 aromatic heterocycles. The Hall–Kier alpha value is -2.99. The molecule has 0 radical (unpaired) electrons. The van der Waals surface area contributed by atoms with E-state index in [0.29, 0.717) is 17.9 Å². The quantitative estimate of drug-likeness (QED) is 0.490. The molecule has 3 aromatic rings. The molecule has 3 rings (SSSR count). The summed E-state index contributed by atoms with van der Waals surface area (Å²) in [5.74, 6) is 0.139. The van der Waals surface area contributed by atoms with E-state index in [2.05, 4.69) is 31.4 Å². The van der Waals surface area contributed by atoms with Crippen LogP contribution in [0.3, 0.4) is 0 Å². The van der Waals surface area contributed by atoms with Crippen molar-refractivity contribution in [1.29, 1.82) is 0 Å². The van der Waals surface area contributed by atoms with Gasteiger partial charge in [-0.3, -0.25) is 9.78 Å². The fourth-order valence-electron chi connectivity index (χ4n) is 2.22. The topological polar surface area (TPSA) is 63.6 Å². The summed E-state index contributed by atoms with van der Waals surface area (Å²) in [5.41, 5.74) is 4.74. The third-order valence-electron chi connectivity index (χ3n) is 3.49. The van der Waals surface area contributed by atoms with Crippen LogP contribution >= 0.6 is 15.9 Å². The van der Waals surface area contributed by atoms with E-state index in [1.54, 1.807) is 30.6 Å². The number of ether oxygens (including phenoxy) is 1. The third-order valence-corrected chi connectivity index (χ3v) is 3.98. The summed E-state index contributed by atoms with van der Waals surface area (Å²) < 4.78 is 6.60. The van der Waals surface area contributed by atoms with Crippen LogP contribution in [0.25, 0.3) is 0 Å². The number of rotatable bonds is 6. The monoisotopic (exact) mass is 409 g/mol. The molecule has 0 spiro atoms. The maximum absolute atomic E-state index is 12.5. The van der Waals surface area contributed by atoms with Gasteiger partial charge in [0.15, 0.2) is 0 Å². The number of halogens is 1. The van der Waals surface area contributed by atoms with E-state index in [1.165, 1.54) is 6.21 Å². The van der Waals surface area contributed by atoms with Crippen molar-refractivity contribution in [3.63, 3.8) is 0 Å². The second-order valence-corrected chi connectivity index (χ2v) is 6.32. The molecule has 0 aliphatic carbocycles. The molecule has 0 atom stereocenters. The van der Waals surface area contributed by atoms with Crippen LogP contribution in [0.15, 0.2) is 82.6 Å². The highest BCUT2D eigenvalue weighted by Crippen LogP contribution is 2.24. The van der Waals surface area contributed by atoms with Gasteiger partial charge in [0.1, 0.15) is 12.4 Å². The second-order valence-electron chi connectivity index (χ2n) is 5.40. The second kappa shape index (κ2) is 8.92. The van der Waals surface area contributed by atoms with Gasteiger partial charge in [-0.25, -0.2) is 5.43 Å². The zero-order valence-corrected chi connectivity index (χ0v) is 15.4. The van der Waals surface area contributed by atoms with E-state index < -0.39 is 0 Å². The molecule has 1 N–H and O–H groups in total. The van der Waals surface area contributed by atoms with Gasteiger partial charge < -0.3 is 4.74 Å². The summed E-state index contributed by atoms with van der Waals surface area (Å²) in [6.45, 7) is 0.377. The molecule has 0 bridgehead atoms. The van der Waals surface area contributed by atoms with Crippen LogP contribution in [-0.2, 0) is 6.61 Å². The van der Waals surface area contributed by atoms with E-state index in [9.17, 15) is 4.79 Å². The number of benzene rings is 2. The van der Waals surface area contributed by atoms with Crippen LogP contribution in [0, 0.1) is 0 Å². The van der Waals surface area contributed by atoms with Crippen LogP contribution in [0.2, 0.25) is 0 Å². The highest BCUT2D eigenvalue weighted by Gasteiger charge is 2.13. The Labute approximate surface area is 159 Å². The van der Waals surface area contributed by atoms with Gasteiger partial charge in [-0.15, -0.1) is 0 Å². The predicted molar refractivity (Wildman–Crippen MR) is 104 cm³/mol. The molecule has 6 heteroatoms. The minimum absolute atomic E-state index is 0.352. The molecule has 1 heterocycles. The lowest BCUT2D eigenvalue weighted by atomic mass is 10.2. The molecular weight excluding hydrogens is 394 g/mol. The number of nitrogens with one attached hydrogen (secondary N) is 1. The molecule has 130 valence electrons. The zero-order valence-electron chi connectivity index (χ0n) is 13.8. The summed E-state index contributed by atoms with van der Waals surface area (Å²) in [5, 5.41) is 3.97. The molecule has 1 amide bonds. The van der Waals surface area contributed by atoms with Gasteiger partial charge in [0.25, 0.3) is 5.91 Å². The average molecular weight is 410 g/mol. The highest BCUT2D eigenvalue weighted by molar-refractivity contribution is 9.10. The first-order valence-electron chi connectivity index (χ1n) is 7.92. The van der Waals surface area contributed by atoms with Gasteiger partial charge in [-0.2, -0.15) is 5.10 Å². The van der Waals surface area contributed by atoms with Crippen molar-refractivity contribution in [2.75, 3.05) is 0 Å². The SMILES string of the molecule is O=C(N/N=C/c1cccnc1)c1cc(Br)ccc1OCc1ccccc1. The van der Waals surface area contributed by atoms with Gasteiger partial charge in [0, 0.05) is 22.4 Å². The van der Waals surface area contributed by atoms with Crippen LogP contribution in [0.4, 0.5) is 0 Å². The Kier molecular flexibility index (Phi) is 6.11. The number of aromatic nitrogens is 1. The molecule has 0 fully saturated rings. The van der Waals surface area contributed by atoms with Gasteiger partial charge in [-0.1, -0.05) is 52.3 Å². The van der Waals surface area contributed by atoms with Gasteiger partial charge in [0.2, 0.25) is 0 Å². The van der Waals surface area contributed by atoms with Crippen molar-refractivity contribution in [2.45, 2.75) is 6.61 Å². The van der Waals surface area contributed by atoms with Gasteiger partial charge in [-0.05, 0) is 29.8 Å². The molecule has 0 saturated heterocycles. The van der Waals surface area contributed by atoms with Gasteiger partial charge in [0.05, 0.1) is 11.8 Å². The molecular formula is C20H16BrN3O2. The number of amides is 1. The number of hydrogen-bond donors (Lipinski definition) is 1. The minimum atomic E-state index is -0.352. The zero-order chi connectivity index (χ0) is 18.2. The summed E-state index contributed by atoms with van der Waals surface area (Å²) in [6.07, 6.45) is 4.87. The maximum atomic E-state index is 12.5. The Morgan fingerprint density at radius 1 is 1.15 bits per heavy atom. The summed E-state index contributed by atoms with van der Waals surface area (Å²) >= 11 is 3.38. The molecule has 5 nitrogen and oxygen atoms in total. The first-order chi connectivity index (χ1) is 12.7. The number of pyridine rings is 1. The van der Waals surface area contributed by atoms with Crippen molar-refractivity contribution in [3.05, 3.63) is 94.2 Å². The van der Waals surface area contributed by atoms with E-state index in [-0.39, 0.29) is 5.91 Å². The lowest BCUT2D eigenvalue weighted by molar-refractivity contribution is 0.0950. The Morgan fingerprint density at radius 2 is 2.00 bits per heavy atom. The fourth-order valence-corrected chi connectivity index (χ4v) is 2.58. The highest BCUT2D eigenvalue weighted by atomic mass is 79.9. The number of hydrogen-bond acceptors (Lipinski definition) is 4. The molecule has 0 unspecified atom stereocenters. The molecule has 0 aliphatic rings. The fraction of sp³-hybridized carbons (Fsp3) is 0.0500. The van der Waals surface area contributed by atoms with Crippen molar-refractivity contribution >= 4 is 28.1 Å². The van der Waals surface area contributed by atoms with Crippen molar-refractivity contribution in [1.82, 2.24) is 10.4 Å². The van der Waals surface area contributed by atoms with Gasteiger partial charge >= 0.3 is 0 Å². The Morgan fingerprint density at radius 3 is 2.77 bits per heavy atom. The smallest absolute Gasteiger partial charge is 0.275 e. The lowest BCUT2D eigenvalue weighted by Crippen LogP contribution is -2.18. The number of nitrogens with zero attached hydrogens (tertiary/aromatic N) is 2. The van der Waals surface area contributed by atoms with Crippen molar-refractivity contribution in [3.8, 4) is 5.75 Å². The molecule has 0 saturated carbocycles. The molecule has 2 aromatic carbocycles. The average Bonchev–Trinajstić information content (AvgIpc) is 2.68. The predicted octanol–water partition coefficient (Wildman–Crippen LogP) is 4.19. The van der Waals surface area contributed by atoms with Crippen molar-refractivity contribution in [2.24, 2.45) is 5.10 Å². The standard InChI is InChI=1S/C20H16BrN3O2/c21-17-8-9-19(26-14-15-5-2-1-3-6-15)18(11-17)20(25)24-23-13-16-7-4-10-22-12-16/h1-13H,14H2,(H,24,25)/b23-13+. The summed E-state index contributed by atoms with van der Waals surface area (Å²) in [6, 6.07) is 18.7. The first-order valence-corrected chi connectivity index (χ1v) is 8.71. The van der Waals surface area contributed by atoms with Crippen molar-refractivity contribution < 1.29 is 9.53 Å². The van der Waals surface area contributed by atoms with E-state index >= 15 is 0 Å². The van der Waals surface area contributed by atoms with E-state index in [1.807, 2.05) is 42.5 Å². The number of hydrazone groups is 1.